The average molecular weight is 200 g/mol. The molecule has 0 aromatic rings. The Balaban J connectivity index is 1.94. The van der Waals surface area contributed by atoms with Crippen LogP contribution in [0.15, 0.2) is 0 Å². The standard InChI is InChI=1S/C11H20O3/c1-2-8-14-11(12)7-3-5-10-6-4-9-13-10/h10H,2-9H2,1H3. The van der Waals surface area contributed by atoms with E-state index in [1.807, 2.05) is 6.92 Å². The molecule has 0 radical (unpaired) electrons. The Bertz CT molecular complexity index is 162. The van der Waals surface area contributed by atoms with Gasteiger partial charge in [0.05, 0.1) is 12.7 Å². The minimum absolute atomic E-state index is 0.0650. The van der Waals surface area contributed by atoms with Crippen LogP contribution in [-0.2, 0) is 14.3 Å². The smallest absolute Gasteiger partial charge is 0.305 e. The summed E-state index contributed by atoms with van der Waals surface area (Å²) in [6.07, 6.45) is 6.06. The Hall–Kier alpha value is -0.570. The number of carbonyl (C=O) groups is 1. The summed E-state index contributed by atoms with van der Waals surface area (Å²) in [5.74, 6) is -0.0650. The molecule has 1 fully saturated rings. The molecule has 1 aliphatic heterocycles. The topological polar surface area (TPSA) is 35.5 Å². The van der Waals surface area contributed by atoms with Crippen LogP contribution in [0.2, 0.25) is 0 Å². The maximum Gasteiger partial charge on any atom is 0.305 e. The predicted octanol–water partition coefficient (Wildman–Crippen LogP) is 2.29. The second-order valence-electron chi connectivity index (χ2n) is 3.75. The molecule has 3 nitrogen and oxygen atoms in total. The number of carbonyl (C=O) groups excluding carboxylic acids is 1. The molecule has 0 spiro atoms. The van der Waals surface area contributed by atoms with Crippen molar-refractivity contribution in [1.82, 2.24) is 0 Å². The van der Waals surface area contributed by atoms with Crippen molar-refractivity contribution < 1.29 is 14.3 Å². The summed E-state index contributed by atoms with van der Waals surface area (Å²) in [5.41, 5.74) is 0. The fraction of sp³-hybridized carbons (Fsp3) is 0.909. The summed E-state index contributed by atoms with van der Waals surface area (Å²) in [6, 6.07) is 0. The van der Waals surface area contributed by atoms with Crippen molar-refractivity contribution in [2.45, 2.75) is 51.6 Å². The Morgan fingerprint density at radius 2 is 2.43 bits per heavy atom. The Kier molecular flexibility index (Phi) is 5.60. The van der Waals surface area contributed by atoms with Crippen LogP contribution in [0, 0.1) is 0 Å². The normalized spacial score (nSPS) is 21.1. The summed E-state index contributed by atoms with van der Waals surface area (Å²) in [5, 5.41) is 0. The third-order valence-corrected chi connectivity index (χ3v) is 2.40. The highest BCUT2D eigenvalue weighted by Crippen LogP contribution is 2.17. The highest BCUT2D eigenvalue weighted by atomic mass is 16.5. The highest BCUT2D eigenvalue weighted by molar-refractivity contribution is 5.69. The zero-order chi connectivity index (χ0) is 10.2. The molecule has 0 saturated carbocycles. The SMILES string of the molecule is CCCOC(=O)CCCC1CCCO1. The molecule has 14 heavy (non-hydrogen) atoms. The molecule has 0 aromatic carbocycles. The number of ether oxygens (including phenoxy) is 2. The van der Waals surface area contributed by atoms with Crippen LogP contribution >= 0.6 is 0 Å². The van der Waals surface area contributed by atoms with Gasteiger partial charge in [0.1, 0.15) is 0 Å². The molecular weight excluding hydrogens is 180 g/mol. The summed E-state index contributed by atoms with van der Waals surface area (Å²) >= 11 is 0. The maximum absolute atomic E-state index is 11.1. The minimum Gasteiger partial charge on any atom is -0.466 e. The lowest BCUT2D eigenvalue weighted by molar-refractivity contribution is -0.143. The summed E-state index contributed by atoms with van der Waals surface area (Å²) in [7, 11) is 0. The molecule has 0 bridgehead atoms. The lowest BCUT2D eigenvalue weighted by Crippen LogP contribution is -2.08. The molecule has 0 amide bonds. The van der Waals surface area contributed by atoms with Crippen molar-refractivity contribution in [3.8, 4) is 0 Å². The van der Waals surface area contributed by atoms with Gasteiger partial charge in [0.25, 0.3) is 0 Å². The molecule has 82 valence electrons. The average Bonchev–Trinajstić information content (AvgIpc) is 2.67. The first-order chi connectivity index (χ1) is 6.83. The van der Waals surface area contributed by atoms with E-state index in [0.717, 1.165) is 32.3 Å². The van der Waals surface area contributed by atoms with Gasteiger partial charge in [0.15, 0.2) is 0 Å². The van der Waals surface area contributed by atoms with Crippen LogP contribution < -0.4 is 0 Å². The van der Waals surface area contributed by atoms with Gasteiger partial charge in [-0.2, -0.15) is 0 Å². The number of hydrogen-bond donors (Lipinski definition) is 0. The number of esters is 1. The molecule has 1 atom stereocenters. The largest absolute Gasteiger partial charge is 0.466 e. The third-order valence-electron chi connectivity index (χ3n) is 2.40. The molecule has 3 heteroatoms. The van der Waals surface area contributed by atoms with Crippen molar-refractivity contribution in [2.75, 3.05) is 13.2 Å². The van der Waals surface area contributed by atoms with E-state index in [4.69, 9.17) is 9.47 Å². The first-order valence-corrected chi connectivity index (χ1v) is 5.60. The van der Waals surface area contributed by atoms with Crippen molar-refractivity contribution >= 4 is 5.97 Å². The number of hydrogen-bond acceptors (Lipinski definition) is 3. The second kappa shape index (κ2) is 6.82. The van der Waals surface area contributed by atoms with Crippen molar-refractivity contribution in [3.63, 3.8) is 0 Å². The molecule has 1 heterocycles. The van der Waals surface area contributed by atoms with Gasteiger partial charge in [-0.3, -0.25) is 4.79 Å². The summed E-state index contributed by atoms with van der Waals surface area (Å²) in [6.45, 7) is 3.45. The molecule has 1 rings (SSSR count). The van der Waals surface area contributed by atoms with Gasteiger partial charge >= 0.3 is 5.97 Å². The molecule has 1 saturated heterocycles. The van der Waals surface area contributed by atoms with Crippen LogP contribution in [-0.4, -0.2) is 25.3 Å². The van der Waals surface area contributed by atoms with E-state index in [9.17, 15) is 4.79 Å². The lowest BCUT2D eigenvalue weighted by atomic mass is 10.1. The van der Waals surface area contributed by atoms with E-state index >= 15 is 0 Å². The fourth-order valence-electron chi connectivity index (χ4n) is 1.63. The van der Waals surface area contributed by atoms with E-state index in [1.54, 1.807) is 0 Å². The predicted molar refractivity (Wildman–Crippen MR) is 54.1 cm³/mol. The summed E-state index contributed by atoms with van der Waals surface area (Å²) in [4.78, 5) is 11.1. The van der Waals surface area contributed by atoms with E-state index in [0.29, 0.717) is 19.1 Å². The quantitative estimate of drug-likeness (QED) is 0.617. The third kappa shape index (κ3) is 4.61. The van der Waals surface area contributed by atoms with Crippen LogP contribution in [0.4, 0.5) is 0 Å². The molecule has 0 aromatic heterocycles. The molecule has 0 aliphatic carbocycles. The summed E-state index contributed by atoms with van der Waals surface area (Å²) < 4.78 is 10.4. The van der Waals surface area contributed by atoms with Gasteiger partial charge in [-0.05, 0) is 32.1 Å². The van der Waals surface area contributed by atoms with E-state index < -0.39 is 0 Å². The first kappa shape index (κ1) is 11.5. The van der Waals surface area contributed by atoms with Gasteiger partial charge < -0.3 is 9.47 Å². The van der Waals surface area contributed by atoms with Crippen LogP contribution in [0.25, 0.3) is 0 Å². The minimum atomic E-state index is -0.0650. The molecule has 1 unspecified atom stereocenters. The lowest BCUT2D eigenvalue weighted by Gasteiger charge is -2.08. The Labute approximate surface area is 85.8 Å². The zero-order valence-corrected chi connectivity index (χ0v) is 8.96. The fourth-order valence-corrected chi connectivity index (χ4v) is 1.63. The van der Waals surface area contributed by atoms with E-state index in [2.05, 4.69) is 0 Å². The van der Waals surface area contributed by atoms with Crippen molar-refractivity contribution in [2.24, 2.45) is 0 Å². The monoisotopic (exact) mass is 200 g/mol. The van der Waals surface area contributed by atoms with Gasteiger partial charge in [0.2, 0.25) is 0 Å². The second-order valence-corrected chi connectivity index (χ2v) is 3.75. The van der Waals surface area contributed by atoms with Crippen LogP contribution in [0.5, 0.6) is 0 Å². The van der Waals surface area contributed by atoms with Gasteiger partial charge in [0, 0.05) is 13.0 Å². The molecular formula is C11H20O3. The first-order valence-electron chi connectivity index (χ1n) is 5.60. The number of rotatable bonds is 6. The van der Waals surface area contributed by atoms with Crippen molar-refractivity contribution in [3.05, 3.63) is 0 Å². The molecule has 0 N–H and O–H groups in total. The Morgan fingerprint density at radius 3 is 3.07 bits per heavy atom. The molecule has 1 aliphatic rings. The van der Waals surface area contributed by atoms with Gasteiger partial charge in [-0.15, -0.1) is 0 Å². The van der Waals surface area contributed by atoms with Crippen LogP contribution in [0.1, 0.15) is 45.4 Å². The Morgan fingerprint density at radius 1 is 1.57 bits per heavy atom. The maximum atomic E-state index is 11.1. The van der Waals surface area contributed by atoms with E-state index in [1.165, 1.54) is 6.42 Å². The van der Waals surface area contributed by atoms with Crippen molar-refractivity contribution in [1.29, 1.82) is 0 Å². The van der Waals surface area contributed by atoms with Crippen LogP contribution in [0.3, 0.4) is 0 Å². The van der Waals surface area contributed by atoms with Gasteiger partial charge in [-0.1, -0.05) is 6.92 Å². The highest BCUT2D eigenvalue weighted by Gasteiger charge is 2.15. The zero-order valence-electron chi connectivity index (χ0n) is 8.96. The van der Waals surface area contributed by atoms with E-state index in [-0.39, 0.29) is 5.97 Å². The van der Waals surface area contributed by atoms with Gasteiger partial charge in [-0.25, -0.2) is 0 Å².